The lowest BCUT2D eigenvalue weighted by Crippen LogP contribution is -2.41. The average Bonchev–Trinajstić information content (AvgIpc) is 2.92. The van der Waals surface area contributed by atoms with Gasteiger partial charge in [0.15, 0.2) is 5.69 Å². The molecule has 1 amide bonds. The monoisotopic (exact) mass is 268 g/mol. The summed E-state index contributed by atoms with van der Waals surface area (Å²) in [6, 6.07) is 0.880. The maximum absolute atomic E-state index is 12.1. The highest BCUT2D eigenvalue weighted by Gasteiger charge is 2.37. The molecule has 1 aromatic heterocycles. The predicted molar refractivity (Wildman–Crippen MR) is 63.4 cm³/mol. The van der Waals surface area contributed by atoms with Gasteiger partial charge in [0.25, 0.3) is 5.91 Å². The Morgan fingerprint density at radius 3 is 2.94 bits per heavy atom. The second kappa shape index (κ2) is 4.31. The zero-order chi connectivity index (χ0) is 12.7. The third-order valence-electron chi connectivity index (χ3n) is 3.16. The average molecular weight is 268 g/mol. The van der Waals surface area contributed by atoms with Crippen molar-refractivity contribution < 1.29 is 19.2 Å². The van der Waals surface area contributed by atoms with Crippen molar-refractivity contribution >= 4 is 23.6 Å². The van der Waals surface area contributed by atoms with Crippen LogP contribution in [0.25, 0.3) is 0 Å². The number of aliphatic carboxylic acids is 1. The van der Waals surface area contributed by atoms with Crippen LogP contribution >= 0.6 is 11.8 Å². The highest BCUT2D eigenvalue weighted by Crippen LogP contribution is 2.40. The van der Waals surface area contributed by atoms with Crippen LogP contribution in [-0.2, 0) is 4.79 Å². The standard InChI is InChI=1S/C11H12N2O4S/c14-10(13-5-18-4-8(13)11(15)16)7-3-9(17-12-7)6-1-2-6/h3,6,8H,1-2,4-5H2,(H,15,16). The highest BCUT2D eigenvalue weighted by atomic mass is 32.2. The van der Waals surface area contributed by atoms with Crippen molar-refractivity contribution in [1.29, 1.82) is 0 Å². The van der Waals surface area contributed by atoms with Crippen LogP contribution in [0.2, 0.25) is 0 Å². The fourth-order valence-corrected chi connectivity index (χ4v) is 3.09. The van der Waals surface area contributed by atoms with Gasteiger partial charge in [-0.2, -0.15) is 0 Å². The maximum Gasteiger partial charge on any atom is 0.327 e. The van der Waals surface area contributed by atoms with Gasteiger partial charge in [0.1, 0.15) is 11.8 Å². The van der Waals surface area contributed by atoms with Gasteiger partial charge < -0.3 is 14.5 Å². The summed E-state index contributed by atoms with van der Waals surface area (Å²) in [6.07, 6.45) is 2.14. The van der Waals surface area contributed by atoms with E-state index < -0.39 is 12.0 Å². The van der Waals surface area contributed by atoms with Crippen LogP contribution in [0, 0.1) is 0 Å². The third-order valence-corrected chi connectivity index (χ3v) is 4.17. The molecule has 96 valence electrons. The van der Waals surface area contributed by atoms with E-state index in [1.165, 1.54) is 16.7 Å². The molecule has 2 aliphatic rings. The van der Waals surface area contributed by atoms with Crippen molar-refractivity contribution in [3.8, 4) is 0 Å². The number of rotatable bonds is 3. The minimum atomic E-state index is -0.973. The van der Waals surface area contributed by atoms with Crippen molar-refractivity contribution in [3.63, 3.8) is 0 Å². The van der Waals surface area contributed by atoms with E-state index in [1.807, 2.05) is 0 Å². The van der Waals surface area contributed by atoms with Gasteiger partial charge in [0.2, 0.25) is 0 Å². The van der Waals surface area contributed by atoms with E-state index in [0.717, 1.165) is 18.6 Å². The van der Waals surface area contributed by atoms with Crippen LogP contribution in [-0.4, -0.2) is 44.7 Å². The second-order valence-corrected chi connectivity index (χ2v) is 5.52. The van der Waals surface area contributed by atoms with E-state index in [9.17, 15) is 9.59 Å². The van der Waals surface area contributed by atoms with Gasteiger partial charge in [-0.25, -0.2) is 4.79 Å². The van der Waals surface area contributed by atoms with E-state index in [2.05, 4.69) is 5.16 Å². The van der Waals surface area contributed by atoms with E-state index >= 15 is 0 Å². The number of carbonyl (C=O) groups excluding carboxylic acids is 1. The fourth-order valence-electron chi connectivity index (χ4n) is 1.94. The molecule has 1 N–H and O–H groups in total. The fraction of sp³-hybridized carbons (Fsp3) is 0.545. The van der Waals surface area contributed by atoms with E-state index in [0.29, 0.717) is 17.5 Å². The lowest BCUT2D eigenvalue weighted by molar-refractivity contribution is -0.140. The first-order valence-corrected chi connectivity index (χ1v) is 6.90. The molecule has 0 bridgehead atoms. The Balaban J connectivity index is 1.78. The smallest absolute Gasteiger partial charge is 0.327 e. The quantitative estimate of drug-likeness (QED) is 0.885. The summed E-state index contributed by atoms with van der Waals surface area (Å²) < 4.78 is 5.11. The van der Waals surface area contributed by atoms with Gasteiger partial charge >= 0.3 is 5.97 Å². The van der Waals surface area contributed by atoms with Crippen molar-refractivity contribution in [2.75, 3.05) is 11.6 Å². The Morgan fingerprint density at radius 1 is 1.50 bits per heavy atom. The minimum Gasteiger partial charge on any atom is -0.480 e. The zero-order valence-electron chi connectivity index (χ0n) is 9.54. The first-order valence-electron chi connectivity index (χ1n) is 5.75. The van der Waals surface area contributed by atoms with E-state index in [1.54, 1.807) is 6.07 Å². The molecule has 2 heterocycles. The Kier molecular flexibility index (Phi) is 2.77. The molecule has 3 rings (SSSR count). The molecule has 6 nitrogen and oxygen atoms in total. The van der Waals surface area contributed by atoms with Crippen LogP contribution in [0.15, 0.2) is 10.6 Å². The summed E-state index contributed by atoms with van der Waals surface area (Å²) in [5.41, 5.74) is 0.214. The van der Waals surface area contributed by atoms with Crippen molar-refractivity contribution in [3.05, 3.63) is 17.5 Å². The Morgan fingerprint density at radius 2 is 2.28 bits per heavy atom. The number of aromatic nitrogens is 1. The summed E-state index contributed by atoms with van der Waals surface area (Å²) in [6.45, 7) is 0. The SMILES string of the molecule is O=C(O)C1CSCN1C(=O)c1cc(C2CC2)on1. The summed E-state index contributed by atoms with van der Waals surface area (Å²) in [7, 11) is 0. The number of thioether (sulfide) groups is 1. The lowest BCUT2D eigenvalue weighted by atomic mass is 10.2. The molecule has 0 radical (unpaired) electrons. The first-order chi connectivity index (χ1) is 8.66. The largest absolute Gasteiger partial charge is 0.480 e. The van der Waals surface area contributed by atoms with Gasteiger partial charge in [0, 0.05) is 17.7 Å². The Labute approximate surface area is 107 Å². The molecule has 1 aromatic rings. The molecule has 1 aliphatic carbocycles. The van der Waals surface area contributed by atoms with E-state index in [-0.39, 0.29) is 11.6 Å². The van der Waals surface area contributed by atoms with Gasteiger partial charge in [0.05, 0.1) is 5.88 Å². The van der Waals surface area contributed by atoms with Gasteiger partial charge in [-0.05, 0) is 12.8 Å². The van der Waals surface area contributed by atoms with Gasteiger partial charge in [-0.1, -0.05) is 5.16 Å². The molecule has 1 aliphatic heterocycles. The second-order valence-electron chi connectivity index (χ2n) is 4.52. The number of nitrogens with zero attached hydrogens (tertiary/aromatic N) is 2. The van der Waals surface area contributed by atoms with Crippen LogP contribution in [0.4, 0.5) is 0 Å². The molecular formula is C11H12N2O4S. The molecule has 18 heavy (non-hydrogen) atoms. The number of hydrogen-bond acceptors (Lipinski definition) is 5. The molecule has 1 saturated heterocycles. The third kappa shape index (κ3) is 1.98. The van der Waals surface area contributed by atoms with Crippen molar-refractivity contribution in [2.24, 2.45) is 0 Å². The number of carboxylic acids is 1. The van der Waals surface area contributed by atoms with Gasteiger partial charge in [-0.3, -0.25) is 4.79 Å². The summed E-state index contributed by atoms with van der Waals surface area (Å²) in [4.78, 5) is 24.5. The summed E-state index contributed by atoms with van der Waals surface area (Å²) in [5, 5.41) is 12.8. The minimum absolute atomic E-state index is 0.214. The number of carboxylic acid groups (broad SMARTS) is 1. The normalized spacial score (nSPS) is 23.3. The topological polar surface area (TPSA) is 83.6 Å². The molecule has 1 saturated carbocycles. The Hall–Kier alpha value is -1.50. The number of carbonyl (C=O) groups is 2. The number of hydrogen-bond donors (Lipinski definition) is 1. The van der Waals surface area contributed by atoms with Crippen LogP contribution in [0.5, 0.6) is 0 Å². The van der Waals surface area contributed by atoms with Crippen LogP contribution in [0.1, 0.15) is 35.0 Å². The maximum atomic E-state index is 12.1. The lowest BCUT2D eigenvalue weighted by Gasteiger charge is -2.18. The number of amides is 1. The van der Waals surface area contributed by atoms with E-state index in [4.69, 9.17) is 9.63 Å². The molecule has 1 atom stereocenters. The van der Waals surface area contributed by atoms with Crippen LogP contribution in [0.3, 0.4) is 0 Å². The predicted octanol–water partition coefficient (Wildman–Crippen LogP) is 1.15. The molecule has 2 fully saturated rings. The van der Waals surface area contributed by atoms with Crippen LogP contribution < -0.4 is 0 Å². The summed E-state index contributed by atoms with van der Waals surface area (Å²) >= 11 is 1.43. The zero-order valence-corrected chi connectivity index (χ0v) is 10.4. The van der Waals surface area contributed by atoms with Gasteiger partial charge in [-0.15, -0.1) is 11.8 Å². The van der Waals surface area contributed by atoms with Crippen molar-refractivity contribution in [1.82, 2.24) is 10.1 Å². The molecular weight excluding hydrogens is 256 g/mol. The molecule has 7 heteroatoms. The molecule has 1 unspecified atom stereocenters. The summed E-state index contributed by atoms with van der Waals surface area (Å²) in [5.74, 6) is 0.609. The molecule has 0 aromatic carbocycles. The van der Waals surface area contributed by atoms with Crippen molar-refractivity contribution in [2.45, 2.75) is 24.8 Å². The Bertz CT molecular complexity index is 497. The highest BCUT2D eigenvalue weighted by molar-refractivity contribution is 7.99. The molecule has 0 spiro atoms. The first kappa shape index (κ1) is 11.6.